The predicted octanol–water partition coefficient (Wildman–Crippen LogP) is -0.156. The highest BCUT2D eigenvalue weighted by Crippen LogP contribution is 2.18. The Morgan fingerprint density at radius 1 is 1.33 bits per heavy atom. The summed E-state index contributed by atoms with van der Waals surface area (Å²) in [4.78, 5) is 23.6. The summed E-state index contributed by atoms with van der Waals surface area (Å²) in [6.07, 6.45) is 4.17. The number of nitrogens with one attached hydrogen (secondary N) is 4. The largest absolute Gasteiger partial charge is 0.353 e. The molecule has 1 aromatic rings. The Morgan fingerprint density at radius 3 is 3.00 bits per heavy atom. The van der Waals surface area contributed by atoms with Crippen LogP contribution in [0.5, 0.6) is 0 Å². The molecular weight excluding hydrogens is 270 g/mol. The van der Waals surface area contributed by atoms with E-state index in [1.807, 2.05) is 0 Å². The van der Waals surface area contributed by atoms with Crippen molar-refractivity contribution in [3.63, 3.8) is 0 Å². The van der Waals surface area contributed by atoms with Crippen LogP contribution in [0.1, 0.15) is 47.4 Å². The molecule has 7 nitrogen and oxygen atoms in total. The Hall–Kier alpha value is -1.89. The zero-order valence-corrected chi connectivity index (χ0v) is 12.0. The van der Waals surface area contributed by atoms with Crippen molar-refractivity contribution in [1.29, 1.82) is 0 Å². The van der Waals surface area contributed by atoms with Crippen LogP contribution in [-0.4, -0.2) is 41.1 Å². The van der Waals surface area contributed by atoms with Gasteiger partial charge in [-0.15, -0.1) is 0 Å². The molecule has 2 amide bonds. The van der Waals surface area contributed by atoms with Crippen LogP contribution >= 0.6 is 0 Å². The van der Waals surface area contributed by atoms with E-state index in [0.29, 0.717) is 37.7 Å². The van der Waals surface area contributed by atoms with Crippen molar-refractivity contribution < 1.29 is 9.59 Å². The molecule has 4 N–H and O–H groups in total. The topological polar surface area (TPSA) is 98.9 Å². The van der Waals surface area contributed by atoms with Gasteiger partial charge in [0.25, 0.3) is 5.91 Å². The number of H-pyrrole nitrogens is 1. The standard InChI is InChI=1S/C14H21N5O2/c20-12(17-9-3-4-9)2-1-6-16-14(21)13-10-8-15-7-5-11(10)18-19-13/h9,15H,1-8H2,(H,16,21)(H,17,20)(H,18,19). The number of carbonyl (C=O) groups excluding carboxylic acids is 2. The molecule has 0 unspecified atom stereocenters. The predicted molar refractivity (Wildman–Crippen MR) is 76.7 cm³/mol. The number of aromatic nitrogens is 2. The number of hydrogen-bond acceptors (Lipinski definition) is 4. The second-order valence-electron chi connectivity index (χ2n) is 5.66. The van der Waals surface area contributed by atoms with Gasteiger partial charge in [0.05, 0.1) is 0 Å². The van der Waals surface area contributed by atoms with Crippen LogP contribution in [-0.2, 0) is 17.8 Å². The number of carbonyl (C=O) groups is 2. The molecule has 1 aromatic heterocycles. The lowest BCUT2D eigenvalue weighted by Gasteiger charge is -2.12. The van der Waals surface area contributed by atoms with E-state index in [2.05, 4.69) is 26.1 Å². The van der Waals surface area contributed by atoms with Gasteiger partial charge in [-0.3, -0.25) is 14.7 Å². The second kappa shape index (κ2) is 6.26. The molecule has 0 radical (unpaired) electrons. The first-order valence-corrected chi connectivity index (χ1v) is 7.58. The SMILES string of the molecule is O=C(CCCNC(=O)c1n[nH]c2c1CNCC2)NC1CC1. The van der Waals surface area contributed by atoms with Crippen LogP contribution in [0.15, 0.2) is 0 Å². The van der Waals surface area contributed by atoms with Crippen LogP contribution in [0, 0.1) is 0 Å². The lowest BCUT2D eigenvalue weighted by molar-refractivity contribution is -0.121. The Kier molecular flexibility index (Phi) is 4.19. The number of amides is 2. The fourth-order valence-corrected chi connectivity index (χ4v) is 2.48. The van der Waals surface area contributed by atoms with E-state index < -0.39 is 0 Å². The number of rotatable bonds is 6. The van der Waals surface area contributed by atoms with Crippen LogP contribution in [0.4, 0.5) is 0 Å². The Labute approximate surface area is 123 Å². The molecule has 3 rings (SSSR count). The first-order chi connectivity index (χ1) is 10.2. The van der Waals surface area contributed by atoms with E-state index in [4.69, 9.17) is 0 Å². The minimum Gasteiger partial charge on any atom is -0.353 e. The Morgan fingerprint density at radius 2 is 2.19 bits per heavy atom. The molecule has 1 fully saturated rings. The highest BCUT2D eigenvalue weighted by atomic mass is 16.2. The summed E-state index contributed by atoms with van der Waals surface area (Å²) in [6, 6.07) is 0.398. The van der Waals surface area contributed by atoms with E-state index in [9.17, 15) is 9.59 Å². The molecule has 2 heterocycles. The molecule has 0 bridgehead atoms. The summed E-state index contributed by atoms with van der Waals surface area (Å²) < 4.78 is 0. The third-order valence-corrected chi connectivity index (χ3v) is 3.83. The zero-order chi connectivity index (χ0) is 14.7. The number of nitrogens with zero attached hydrogens (tertiary/aromatic N) is 1. The zero-order valence-electron chi connectivity index (χ0n) is 12.0. The van der Waals surface area contributed by atoms with Gasteiger partial charge in [-0.1, -0.05) is 0 Å². The lowest BCUT2D eigenvalue weighted by atomic mass is 10.1. The molecule has 7 heteroatoms. The van der Waals surface area contributed by atoms with Gasteiger partial charge in [-0.25, -0.2) is 0 Å². The third-order valence-electron chi connectivity index (χ3n) is 3.83. The highest BCUT2D eigenvalue weighted by Gasteiger charge is 2.23. The maximum atomic E-state index is 12.1. The van der Waals surface area contributed by atoms with Gasteiger partial charge in [0.15, 0.2) is 5.69 Å². The molecule has 21 heavy (non-hydrogen) atoms. The van der Waals surface area contributed by atoms with Gasteiger partial charge < -0.3 is 16.0 Å². The second-order valence-corrected chi connectivity index (χ2v) is 5.66. The van der Waals surface area contributed by atoms with Crippen molar-refractivity contribution in [1.82, 2.24) is 26.1 Å². The van der Waals surface area contributed by atoms with Gasteiger partial charge in [0.1, 0.15) is 0 Å². The van der Waals surface area contributed by atoms with Crippen molar-refractivity contribution in [2.24, 2.45) is 0 Å². The van der Waals surface area contributed by atoms with Crippen molar-refractivity contribution in [2.45, 2.75) is 44.7 Å². The summed E-state index contributed by atoms with van der Waals surface area (Å²) in [6.45, 7) is 2.08. The molecule has 114 valence electrons. The average molecular weight is 291 g/mol. The molecule has 0 saturated heterocycles. The van der Waals surface area contributed by atoms with E-state index in [1.165, 1.54) is 0 Å². The molecule has 1 aliphatic carbocycles. The van der Waals surface area contributed by atoms with Gasteiger partial charge in [0, 0.05) is 49.8 Å². The molecule has 0 spiro atoms. The maximum Gasteiger partial charge on any atom is 0.272 e. The number of fused-ring (bicyclic) bond motifs is 1. The molecule has 2 aliphatic rings. The maximum absolute atomic E-state index is 12.1. The fraction of sp³-hybridized carbons (Fsp3) is 0.643. The summed E-state index contributed by atoms with van der Waals surface area (Å²) in [7, 11) is 0. The van der Waals surface area contributed by atoms with E-state index in [0.717, 1.165) is 37.1 Å². The molecule has 0 aromatic carbocycles. The molecular formula is C14H21N5O2. The monoisotopic (exact) mass is 291 g/mol. The minimum atomic E-state index is -0.168. The van der Waals surface area contributed by atoms with E-state index in [1.54, 1.807) is 0 Å². The normalized spacial score (nSPS) is 17.1. The highest BCUT2D eigenvalue weighted by molar-refractivity contribution is 5.94. The van der Waals surface area contributed by atoms with Crippen LogP contribution < -0.4 is 16.0 Å². The summed E-state index contributed by atoms with van der Waals surface area (Å²) in [5, 5.41) is 16.0. The summed E-state index contributed by atoms with van der Waals surface area (Å²) in [5.41, 5.74) is 2.48. The minimum absolute atomic E-state index is 0.0769. The van der Waals surface area contributed by atoms with Crippen LogP contribution in [0.25, 0.3) is 0 Å². The fourth-order valence-electron chi connectivity index (χ4n) is 2.48. The number of aromatic amines is 1. The summed E-state index contributed by atoms with van der Waals surface area (Å²) in [5.74, 6) is -0.0908. The van der Waals surface area contributed by atoms with E-state index >= 15 is 0 Å². The average Bonchev–Trinajstić information content (AvgIpc) is 3.18. The van der Waals surface area contributed by atoms with Crippen molar-refractivity contribution in [3.05, 3.63) is 17.0 Å². The van der Waals surface area contributed by atoms with Gasteiger partial charge in [-0.2, -0.15) is 5.10 Å². The van der Waals surface area contributed by atoms with Crippen molar-refractivity contribution in [3.8, 4) is 0 Å². The Bertz CT molecular complexity index is 535. The van der Waals surface area contributed by atoms with E-state index in [-0.39, 0.29) is 11.8 Å². The smallest absolute Gasteiger partial charge is 0.272 e. The first kappa shape index (κ1) is 14.1. The van der Waals surface area contributed by atoms with Crippen molar-refractivity contribution >= 4 is 11.8 Å². The van der Waals surface area contributed by atoms with Crippen LogP contribution in [0.2, 0.25) is 0 Å². The quantitative estimate of drug-likeness (QED) is 0.548. The summed E-state index contributed by atoms with van der Waals surface area (Å²) >= 11 is 0. The van der Waals surface area contributed by atoms with Crippen LogP contribution in [0.3, 0.4) is 0 Å². The molecule has 0 atom stereocenters. The Balaban J connectivity index is 1.41. The van der Waals surface area contributed by atoms with Gasteiger partial charge in [0.2, 0.25) is 5.91 Å². The van der Waals surface area contributed by atoms with Gasteiger partial charge >= 0.3 is 0 Å². The molecule has 1 aliphatic heterocycles. The molecule has 1 saturated carbocycles. The first-order valence-electron chi connectivity index (χ1n) is 7.58. The lowest BCUT2D eigenvalue weighted by Crippen LogP contribution is -2.30. The van der Waals surface area contributed by atoms with Gasteiger partial charge in [-0.05, 0) is 19.3 Å². The van der Waals surface area contributed by atoms with Crippen molar-refractivity contribution in [2.75, 3.05) is 13.1 Å². The number of hydrogen-bond donors (Lipinski definition) is 4. The third kappa shape index (κ3) is 3.60.